The predicted octanol–water partition coefficient (Wildman–Crippen LogP) is 2.10. The summed E-state index contributed by atoms with van der Waals surface area (Å²) < 4.78 is 2.76. The molecule has 0 aliphatic carbocycles. The Bertz CT molecular complexity index is 496. The summed E-state index contributed by atoms with van der Waals surface area (Å²) in [4.78, 5) is 0. The van der Waals surface area contributed by atoms with Crippen molar-refractivity contribution in [2.24, 2.45) is 0 Å². The zero-order chi connectivity index (χ0) is 12.3. The zero-order valence-electron chi connectivity index (χ0n) is 9.76. The molecule has 1 aromatic carbocycles. The van der Waals surface area contributed by atoms with E-state index in [4.69, 9.17) is 0 Å². The molecule has 0 spiro atoms. The van der Waals surface area contributed by atoms with Crippen molar-refractivity contribution in [1.82, 2.24) is 25.5 Å². The molecule has 0 saturated carbocycles. The summed E-state index contributed by atoms with van der Waals surface area (Å²) in [5, 5.41) is 15.1. The lowest BCUT2D eigenvalue weighted by Crippen LogP contribution is -2.21. The second-order valence-corrected chi connectivity index (χ2v) is 4.62. The Balaban J connectivity index is 2.36. The lowest BCUT2D eigenvalue weighted by molar-refractivity contribution is 0.550. The maximum atomic E-state index is 4.06. The molecule has 6 heteroatoms. The van der Waals surface area contributed by atoms with Gasteiger partial charge in [0.05, 0.1) is 11.7 Å². The highest BCUT2D eigenvalue weighted by atomic mass is 79.9. The Labute approximate surface area is 108 Å². The Kier molecular flexibility index (Phi) is 3.86. The van der Waals surface area contributed by atoms with Crippen LogP contribution in [0.1, 0.15) is 25.7 Å². The fourth-order valence-corrected chi connectivity index (χ4v) is 2.04. The van der Waals surface area contributed by atoms with Gasteiger partial charge in [-0.25, -0.2) is 0 Å². The van der Waals surface area contributed by atoms with E-state index in [1.807, 2.05) is 31.2 Å². The van der Waals surface area contributed by atoms with Gasteiger partial charge in [-0.3, -0.25) is 0 Å². The van der Waals surface area contributed by atoms with Gasteiger partial charge in [0.25, 0.3) is 0 Å². The summed E-state index contributed by atoms with van der Waals surface area (Å²) in [7, 11) is 0. The summed E-state index contributed by atoms with van der Waals surface area (Å²) in [5.74, 6) is 0.810. The summed E-state index contributed by atoms with van der Waals surface area (Å²) >= 11 is 3.44. The van der Waals surface area contributed by atoms with Crippen molar-refractivity contribution in [2.75, 3.05) is 6.54 Å². The molecule has 0 aliphatic rings. The van der Waals surface area contributed by atoms with Crippen LogP contribution in [0.2, 0.25) is 0 Å². The van der Waals surface area contributed by atoms with Gasteiger partial charge in [-0.15, -0.1) is 5.10 Å². The zero-order valence-corrected chi connectivity index (χ0v) is 11.3. The van der Waals surface area contributed by atoms with Crippen LogP contribution in [0.15, 0.2) is 28.7 Å². The minimum absolute atomic E-state index is 0.119. The largest absolute Gasteiger partial charge is 0.308 e. The lowest BCUT2D eigenvalue weighted by atomic mass is 10.3. The van der Waals surface area contributed by atoms with Crippen LogP contribution in [0.25, 0.3) is 5.69 Å². The third-order valence-corrected chi connectivity index (χ3v) is 2.94. The second-order valence-electron chi connectivity index (χ2n) is 3.71. The van der Waals surface area contributed by atoms with Crippen molar-refractivity contribution in [1.29, 1.82) is 0 Å². The fraction of sp³-hybridized carbons (Fsp3) is 0.364. The highest BCUT2D eigenvalue weighted by Crippen LogP contribution is 2.17. The molecule has 0 radical (unpaired) electrons. The van der Waals surface area contributed by atoms with Gasteiger partial charge in [0.1, 0.15) is 0 Å². The number of hydrogen-bond acceptors (Lipinski definition) is 4. The number of aromatic nitrogens is 4. The molecule has 0 amide bonds. The molecule has 5 nitrogen and oxygen atoms in total. The average molecular weight is 296 g/mol. The Morgan fingerprint density at radius 2 is 2.29 bits per heavy atom. The Hall–Kier alpha value is -1.27. The first kappa shape index (κ1) is 12.2. The van der Waals surface area contributed by atoms with Gasteiger partial charge in [-0.1, -0.05) is 28.9 Å². The Morgan fingerprint density at radius 1 is 1.47 bits per heavy atom. The van der Waals surface area contributed by atoms with Gasteiger partial charge < -0.3 is 5.32 Å². The quantitative estimate of drug-likeness (QED) is 0.938. The molecular formula is C11H14BrN5. The molecule has 1 unspecified atom stereocenters. The lowest BCUT2D eigenvalue weighted by Gasteiger charge is -2.11. The first-order chi connectivity index (χ1) is 8.22. The second kappa shape index (κ2) is 5.37. The first-order valence-corrected chi connectivity index (χ1v) is 6.29. The molecule has 1 aromatic heterocycles. The summed E-state index contributed by atoms with van der Waals surface area (Å²) in [6, 6.07) is 8.01. The van der Waals surface area contributed by atoms with Crippen LogP contribution >= 0.6 is 15.9 Å². The molecule has 1 heterocycles. The van der Waals surface area contributed by atoms with Crippen molar-refractivity contribution >= 4 is 15.9 Å². The van der Waals surface area contributed by atoms with Gasteiger partial charge in [-0.2, -0.15) is 4.68 Å². The number of nitrogens with one attached hydrogen (secondary N) is 1. The van der Waals surface area contributed by atoms with Gasteiger partial charge in [0, 0.05) is 4.47 Å². The third kappa shape index (κ3) is 2.70. The standard InChI is InChI=1S/C11H14BrN5/c1-3-13-8(2)11-14-15-16-17(11)10-6-4-5-9(12)7-10/h4-8,13H,3H2,1-2H3. The van der Waals surface area contributed by atoms with Gasteiger partial charge in [-0.05, 0) is 42.1 Å². The molecule has 0 fully saturated rings. The maximum Gasteiger partial charge on any atom is 0.173 e. The minimum Gasteiger partial charge on any atom is -0.308 e. The van der Waals surface area contributed by atoms with Crippen LogP contribution in [0, 0.1) is 0 Å². The van der Waals surface area contributed by atoms with E-state index in [0.29, 0.717) is 0 Å². The van der Waals surface area contributed by atoms with E-state index < -0.39 is 0 Å². The normalized spacial score (nSPS) is 12.6. The number of hydrogen-bond donors (Lipinski definition) is 1. The van der Waals surface area contributed by atoms with E-state index in [0.717, 1.165) is 22.5 Å². The number of benzene rings is 1. The summed E-state index contributed by atoms with van der Waals surface area (Å²) in [6.07, 6.45) is 0. The topological polar surface area (TPSA) is 55.6 Å². The van der Waals surface area contributed by atoms with Gasteiger partial charge in [0.2, 0.25) is 0 Å². The summed E-state index contributed by atoms with van der Waals surface area (Å²) in [5.41, 5.74) is 0.948. The van der Waals surface area contributed by atoms with Crippen LogP contribution in [0.3, 0.4) is 0 Å². The van der Waals surface area contributed by atoms with E-state index in [1.54, 1.807) is 4.68 Å². The maximum absolute atomic E-state index is 4.06. The van der Waals surface area contributed by atoms with E-state index in [1.165, 1.54) is 0 Å². The fourth-order valence-electron chi connectivity index (χ4n) is 1.65. The molecule has 2 rings (SSSR count). The minimum atomic E-state index is 0.119. The average Bonchev–Trinajstić information content (AvgIpc) is 2.78. The summed E-state index contributed by atoms with van der Waals surface area (Å²) in [6.45, 7) is 4.99. The van der Waals surface area contributed by atoms with Crippen LogP contribution in [-0.4, -0.2) is 26.8 Å². The molecule has 1 atom stereocenters. The molecular weight excluding hydrogens is 282 g/mol. The monoisotopic (exact) mass is 295 g/mol. The Morgan fingerprint density at radius 3 is 3.00 bits per heavy atom. The highest BCUT2D eigenvalue weighted by molar-refractivity contribution is 9.10. The van der Waals surface area contributed by atoms with Crippen molar-refractivity contribution in [3.05, 3.63) is 34.6 Å². The first-order valence-electron chi connectivity index (χ1n) is 5.50. The highest BCUT2D eigenvalue weighted by Gasteiger charge is 2.14. The number of nitrogens with zero attached hydrogens (tertiary/aromatic N) is 4. The van der Waals surface area contributed by atoms with Crippen molar-refractivity contribution < 1.29 is 0 Å². The molecule has 0 bridgehead atoms. The number of halogens is 1. The molecule has 90 valence electrons. The van der Waals surface area contributed by atoms with Crippen LogP contribution < -0.4 is 5.32 Å². The number of rotatable bonds is 4. The smallest absolute Gasteiger partial charge is 0.173 e. The van der Waals surface area contributed by atoms with E-state index in [2.05, 4.69) is 43.7 Å². The van der Waals surface area contributed by atoms with E-state index in [9.17, 15) is 0 Å². The predicted molar refractivity (Wildman–Crippen MR) is 68.9 cm³/mol. The van der Waals surface area contributed by atoms with Crippen molar-refractivity contribution in [3.63, 3.8) is 0 Å². The SMILES string of the molecule is CCNC(C)c1nnnn1-c1cccc(Br)c1. The van der Waals surface area contributed by atoms with E-state index in [-0.39, 0.29) is 6.04 Å². The van der Waals surface area contributed by atoms with Gasteiger partial charge >= 0.3 is 0 Å². The molecule has 1 N–H and O–H groups in total. The van der Waals surface area contributed by atoms with Crippen molar-refractivity contribution in [2.45, 2.75) is 19.9 Å². The van der Waals surface area contributed by atoms with Crippen LogP contribution in [-0.2, 0) is 0 Å². The molecule has 17 heavy (non-hydrogen) atoms. The number of tetrazole rings is 1. The molecule has 0 saturated heterocycles. The third-order valence-electron chi connectivity index (χ3n) is 2.44. The van der Waals surface area contributed by atoms with Crippen molar-refractivity contribution in [3.8, 4) is 5.69 Å². The molecule has 0 aliphatic heterocycles. The van der Waals surface area contributed by atoms with Gasteiger partial charge in [0.15, 0.2) is 5.82 Å². The molecule has 2 aromatic rings. The van der Waals surface area contributed by atoms with Crippen LogP contribution in [0.5, 0.6) is 0 Å². The van der Waals surface area contributed by atoms with E-state index >= 15 is 0 Å². The van der Waals surface area contributed by atoms with Crippen LogP contribution in [0.4, 0.5) is 0 Å².